The average molecular weight is 239 g/mol. The molecule has 0 saturated carbocycles. The lowest BCUT2D eigenvalue weighted by Crippen LogP contribution is -2.49. The molecule has 0 amide bonds. The van der Waals surface area contributed by atoms with Crippen LogP contribution in [0.15, 0.2) is 0 Å². The lowest BCUT2D eigenvalue weighted by atomic mass is 10.0. The van der Waals surface area contributed by atoms with E-state index in [-0.39, 0.29) is 0 Å². The van der Waals surface area contributed by atoms with E-state index in [1.165, 1.54) is 0 Å². The van der Waals surface area contributed by atoms with Crippen molar-refractivity contribution in [1.29, 1.82) is 0 Å². The van der Waals surface area contributed by atoms with E-state index in [9.17, 15) is 15.0 Å². The van der Waals surface area contributed by atoms with Gasteiger partial charge in [-0.25, -0.2) is 0 Å². The molecular formula is C8H17NO7. The van der Waals surface area contributed by atoms with Gasteiger partial charge in [-0.1, -0.05) is 0 Å². The molecule has 0 bridgehead atoms. The first-order valence-corrected chi connectivity index (χ1v) is 4.63. The Balaban J connectivity index is 4.39. The average Bonchev–Trinajstić information content (AvgIpc) is 2.32. The van der Waals surface area contributed by atoms with Gasteiger partial charge in [0.05, 0.1) is 19.8 Å². The summed E-state index contributed by atoms with van der Waals surface area (Å²) in [5, 5.41) is 45.1. The predicted octanol–water partition coefficient (Wildman–Crippen LogP) is -4.08. The van der Waals surface area contributed by atoms with Crippen molar-refractivity contribution in [2.75, 3.05) is 19.8 Å². The predicted molar refractivity (Wildman–Crippen MR) is 51.1 cm³/mol. The van der Waals surface area contributed by atoms with Gasteiger partial charge < -0.3 is 36.0 Å². The summed E-state index contributed by atoms with van der Waals surface area (Å²) >= 11 is 0. The molecule has 8 heteroatoms. The van der Waals surface area contributed by atoms with E-state index < -0.39 is 50.1 Å². The minimum absolute atomic E-state index is 0.443. The highest BCUT2D eigenvalue weighted by molar-refractivity contribution is 5.71. The van der Waals surface area contributed by atoms with Crippen LogP contribution < -0.4 is 5.73 Å². The molecule has 0 aliphatic heterocycles. The molecule has 0 fully saturated rings. The van der Waals surface area contributed by atoms with E-state index in [4.69, 9.17) is 21.1 Å². The molecule has 0 unspecified atom stereocenters. The van der Waals surface area contributed by atoms with Crippen LogP contribution in [0.2, 0.25) is 0 Å². The van der Waals surface area contributed by atoms with Crippen LogP contribution in [0.1, 0.15) is 0 Å². The summed E-state index contributed by atoms with van der Waals surface area (Å²) in [6, 6.07) is 0. The minimum Gasteiger partial charge on any atom is -0.456 e. The smallest absolute Gasteiger partial charge is 0.320 e. The van der Waals surface area contributed by atoms with Gasteiger partial charge in [-0.3, -0.25) is 4.79 Å². The number of carbonyl (C=O) groups excluding carboxylic acids is 1. The highest BCUT2D eigenvalue weighted by atomic mass is 16.6. The summed E-state index contributed by atoms with van der Waals surface area (Å²) < 4.78 is 4.51. The number of rotatable bonds is 7. The number of ether oxygens (including phenoxy) is 1. The van der Waals surface area contributed by atoms with Gasteiger partial charge in [0.15, 0.2) is 6.10 Å². The van der Waals surface area contributed by atoms with E-state index in [0.29, 0.717) is 0 Å². The molecule has 0 aromatic heterocycles. The molecule has 0 heterocycles. The Morgan fingerprint density at radius 3 is 2.06 bits per heavy atom. The number of nitrogens with two attached hydrogens (primary N) is 1. The molecule has 7 N–H and O–H groups in total. The largest absolute Gasteiger partial charge is 0.456 e. The molecule has 0 rings (SSSR count). The van der Waals surface area contributed by atoms with Crippen molar-refractivity contribution in [2.24, 2.45) is 5.73 Å². The minimum atomic E-state index is -1.74. The second-order valence-electron chi connectivity index (χ2n) is 3.15. The third kappa shape index (κ3) is 4.39. The van der Waals surface area contributed by atoms with Crippen molar-refractivity contribution < 1.29 is 35.1 Å². The third-order valence-electron chi connectivity index (χ3n) is 1.94. The van der Waals surface area contributed by atoms with Crippen molar-refractivity contribution in [2.45, 2.75) is 24.4 Å². The maximum atomic E-state index is 10.8. The summed E-state index contributed by atoms with van der Waals surface area (Å²) in [7, 11) is 0. The lowest BCUT2D eigenvalue weighted by molar-refractivity contribution is -0.169. The zero-order valence-electron chi connectivity index (χ0n) is 8.56. The van der Waals surface area contributed by atoms with E-state index in [1.54, 1.807) is 0 Å². The molecule has 0 aliphatic rings. The number of aliphatic hydroxyl groups is 5. The second-order valence-corrected chi connectivity index (χ2v) is 3.15. The van der Waals surface area contributed by atoms with Crippen molar-refractivity contribution in [1.82, 2.24) is 0 Å². The summed E-state index contributed by atoms with van der Waals surface area (Å²) in [5.74, 6) is -0.871. The molecule has 0 radical (unpaired) electrons. The fraction of sp³-hybridized carbons (Fsp3) is 0.875. The number of hydrogen-bond acceptors (Lipinski definition) is 8. The quantitative estimate of drug-likeness (QED) is 0.245. The van der Waals surface area contributed by atoms with E-state index in [0.717, 1.165) is 0 Å². The standard InChI is InChI=1S/C8H17NO7/c9-1-6(13)16-5(3-11)8(15)7(14)4(12)2-10/h4-5,7-8,10-12,14-15H,1-3,9H2/t4-,5-,7-,8-/m1/s1. The molecule has 0 saturated heterocycles. The van der Waals surface area contributed by atoms with Gasteiger partial charge in [-0.05, 0) is 0 Å². The number of aliphatic hydroxyl groups excluding tert-OH is 5. The fourth-order valence-corrected chi connectivity index (χ4v) is 0.987. The molecular weight excluding hydrogens is 222 g/mol. The molecule has 4 atom stereocenters. The highest BCUT2D eigenvalue weighted by Crippen LogP contribution is 2.08. The van der Waals surface area contributed by atoms with Crippen LogP contribution in [0.25, 0.3) is 0 Å². The Morgan fingerprint density at radius 1 is 1.12 bits per heavy atom. The molecule has 0 aliphatic carbocycles. The Hall–Kier alpha value is -0.770. The molecule has 0 spiro atoms. The summed E-state index contributed by atoms with van der Waals surface area (Å²) in [6.07, 6.45) is -6.47. The Kier molecular flexibility index (Phi) is 7.13. The van der Waals surface area contributed by atoms with Crippen LogP contribution >= 0.6 is 0 Å². The molecule has 8 nitrogen and oxygen atoms in total. The monoisotopic (exact) mass is 239 g/mol. The SMILES string of the molecule is NCC(=O)O[C@H](CO)[C@@H](O)[C@H](O)[C@H](O)CO. The summed E-state index contributed by atoms with van der Waals surface area (Å²) in [4.78, 5) is 10.8. The molecule has 16 heavy (non-hydrogen) atoms. The first-order valence-electron chi connectivity index (χ1n) is 4.63. The van der Waals surface area contributed by atoms with Crippen molar-refractivity contribution in [3.8, 4) is 0 Å². The van der Waals surface area contributed by atoms with E-state index in [1.807, 2.05) is 0 Å². The first kappa shape index (κ1) is 15.2. The van der Waals surface area contributed by atoms with Gasteiger partial charge in [0.2, 0.25) is 0 Å². The van der Waals surface area contributed by atoms with E-state index in [2.05, 4.69) is 4.74 Å². The first-order chi connectivity index (χ1) is 7.47. The van der Waals surface area contributed by atoms with Crippen molar-refractivity contribution in [3.05, 3.63) is 0 Å². The van der Waals surface area contributed by atoms with Crippen LogP contribution in [0.5, 0.6) is 0 Å². The van der Waals surface area contributed by atoms with Crippen LogP contribution in [0, 0.1) is 0 Å². The van der Waals surface area contributed by atoms with Gasteiger partial charge in [-0.15, -0.1) is 0 Å². The molecule has 0 aromatic rings. The normalized spacial score (nSPS) is 18.6. The van der Waals surface area contributed by atoms with E-state index >= 15 is 0 Å². The number of carbonyl (C=O) groups is 1. The third-order valence-corrected chi connectivity index (χ3v) is 1.94. The van der Waals surface area contributed by atoms with Crippen LogP contribution in [-0.4, -0.2) is 75.7 Å². The van der Waals surface area contributed by atoms with Gasteiger partial charge in [-0.2, -0.15) is 0 Å². The van der Waals surface area contributed by atoms with Gasteiger partial charge in [0, 0.05) is 0 Å². The van der Waals surface area contributed by atoms with Crippen LogP contribution in [-0.2, 0) is 9.53 Å². The van der Waals surface area contributed by atoms with Gasteiger partial charge >= 0.3 is 5.97 Å². The second kappa shape index (κ2) is 7.49. The number of esters is 1. The van der Waals surface area contributed by atoms with Crippen molar-refractivity contribution in [3.63, 3.8) is 0 Å². The summed E-state index contributed by atoms with van der Waals surface area (Å²) in [5.41, 5.74) is 4.95. The zero-order chi connectivity index (χ0) is 12.7. The Bertz CT molecular complexity index is 213. The Labute approximate surface area is 91.9 Å². The van der Waals surface area contributed by atoms with Crippen molar-refractivity contribution >= 4 is 5.97 Å². The maximum Gasteiger partial charge on any atom is 0.320 e. The topological polar surface area (TPSA) is 153 Å². The van der Waals surface area contributed by atoms with Gasteiger partial charge in [0.1, 0.15) is 18.3 Å². The van der Waals surface area contributed by atoms with Crippen LogP contribution in [0.4, 0.5) is 0 Å². The molecule has 0 aromatic carbocycles. The fourth-order valence-electron chi connectivity index (χ4n) is 0.987. The molecule has 96 valence electrons. The maximum absolute atomic E-state index is 10.8. The number of hydrogen-bond donors (Lipinski definition) is 6. The Morgan fingerprint density at radius 2 is 1.69 bits per heavy atom. The lowest BCUT2D eigenvalue weighted by Gasteiger charge is -2.27. The summed E-state index contributed by atoms with van der Waals surface area (Å²) in [6.45, 7) is -1.97. The zero-order valence-corrected chi connectivity index (χ0v) is 8.56. The highest BCUT2D eigenvalue weighted by Gasteiger charge is 2.32. The van der Waals surface area contributed by atoms with Gasteiger partial charge in [0.25, 0.3) is 0 Å². The van der Waals surface area contributed by atoms with Crippen LogP contribution in [0.3, 0.4) is 0 Å².